The molecule has 2 aromatic rings. The molecule has 3 rings (SSSR count). The minimum atomic E-state index is -0.486. The van der Waals surface area contributed by atoms with Gasteiger partial charge in [-0.25, -0.2) is 14.0 Å². The van der Waals surface area contributed by atoms with Crippen molar-refractivity contribution in [2.45, 2.75) is 13.0 Å². The molecule has 1 saturated heterocycles. The number of anilines is 1. The molecule has 7 heteroatoms. The van der Waals surface area contributed by atoms with Gasteiger partial charge in [-0.3, -0.25) is 0 Å². The van der Waals surface area contributed by atoms with Gasteiger partial charge in [0, 0.05) is 6.07 Å². The summed E-state index contributed by atoms with van der Waals surface area (Å²) in [7, 11) is 0. The lowest BCUT2D eigenvalue weighted by molar-refractivity contribution is 0.0487. The molecule has 0 bridgehead atoms. The smallest absolute Gasteiger partial charge is 0.339 e. The Bertz CT molecular complexity index is 784. The lowest BCUT2D eigenvalue weighted by atomic mass is 10.2. The molecule has 23 heavy (non-hydrogen) atoms. The predicted molar refractivity (Wildman–Crippen MR) is 81.1 cm³/mol. The lowest BCUT2D eigenvalue weighted by Gasteiger charge is -2.38. The molecule has 0 radical (unpaired) electrons. The number of ether oxygens (including phenoxy) is 1. The van der Waals surface area contributed by atoms with E-state index in [1.54, 1.807) is 25.1 Å². The Kier molecular flexibility index (Phi) is 4.01. The first kappa shape index (κ1) is 15.1. The first-order chi connectivity index (χ1) is 11.0. The number of benzene rings is 1. The number of likely N-dealkylation sites (tertiary alicyclic amines) is 1. The van der Waals surface area contributed by atoms with Crippen LogP contribution in [0.3, 0.4) is 0 Å². The summed E-state index contributed by atoms with van der Waals surface area (Å²) in [4.78, 5) is 24.7. The van der Waals surface area contributed by atoms with Crippen LogP contribution in [-0.4, -0.2) is 30.1 Å². The SMILES string of the molecule is Cc1cc(OC2CN(C(=O)Nc3ccccc3F)C2)cc(=O)o1. The number of aryl methyl sites for hydroxylation is 1. The quantitative estimate of drug-likeness (QED) is 0.943. The summed E-state index contributed by atoms with van der Waals surface area (Å²) in [6.07, 6.45) is -0.206. The third-order valence-electron chi connectivity index (χ3n) is 3.42. The Morgan fingerprint density at radius 2 is 2.09 bits per heavy atom. The van der Waals surface area contributed by atoms with E-state index in [0.717, 1.165) is 0 Å². The van der Waals surface area contributed by atoms with Gasteiger partial charge < -0.3 is 19.4 Å². The molecule has 6 nitrogen and oxygen atoms in total. The normalized spacial score (nSPS) is 14.3. The molecular weight excluding hydrogens is 303 g/mol. The maximum absolute atomic E-state index is 13.5. The molecule has 0 saturated carbocycles. The number of nitrogens with one attached hydrogen (secondary N) is 1. The van der Waals surface area contributed by atoms with Gasteiger partial charge in [0.15, 0.2) is 0 Å². The van der Waals surface area contributed by atoms with E-state index in [-0.39, 0.29) is 11.8 Å². The molecule has 1 N–H and O–H groups in total. The standard InChI is InChI=1S/C16H15FN2O4/c1-10-6-11(7-15(20)22-10)23-12-8-19(9-12)16(21)18-14-5-3-2-4-13(14)17/h2-7,12H,8-9H2,1H3,(H,18,21). The van der Waals surface area contributed by atoms with Gasteiger partial charge in [0.05, 0.1) is 24.8 Å². The van der Waals surface area contributed by atoms with Crippen LogP contribution in [0.1, 0.15) is 5.76 Å². The van der Waals surface area contributed by atoms with E-state index in [1.807, 2.05) is 0 Å². The molecule has 0 aliphatic carbocycles. The zero-order valence-corrected chi connectivity index (χ0v) is 12.4. The van der Waals surface area contributed by atoms with Crippen molar-refractivity contribution in [2.75, 3.05) is 18.4 Å². The largest absolute Gasteiger partial charge is 0.486 e. The fraction of sp³-hybridized carbons (Fsp3) is 0.250. The lowest BCUT2D eigenvalue weighted by Crippen LogP contribution is -2.57. The van der Waals surface area contributed by atoms with Crippen molar-refractivity contribution in [3.8, 4) is 5.75 Å². The first-order valence-corrected chi connectivity index (χ1v) is 7.10. The highest BCUT2D eigenvalue weighted by Gasteiger charge is 2.32. The van der Waals surface area contributed by atoms with E-state index in [0.29, 0.717) is 24.6 Å². The van der Waals surface area contributed by atoms with Crippen LogP contribution in [0.25, 0.3) is 0 Å². The van der Waals surface area contributed by atoms with Crippen molar-refractivity contribution in [3.05, 3.63) is 58.4 Å². The zero-order chi connectivity index (χ0) is 16.4. The average Bonchev–Trinajstić information content (AvgIpc) is 2.43. The molecule has 0 spiro atoms. The van der Waals surface area contributed by atoms with E-state index in [9.17, 15) is 14.0 Å². The molecule has 1 aliphatic heterocycles. The van der Waals surface area contributed by atoms with E-state index < -0.39 is 17.5 Å². The van der Waals surface area contributed by atoms with Crippen LogP contribution < -0.4 is 15.7 Å². The summed E-state index contributed by atoms with van der Waals surface area (Å²) in [5.41, 5.74) is -0.341. The number of nitrogens with zero attached hydrogens (tertiary/aromatic N) is 1. The van der Waals surface area contributed by atoms with Crippen LogP contribution in [0.15, 0.2) is 45.6 Å². The van der Waals surface area contributed by atoms with Gasteiger partial charge in [-0.15, -0.1) is 0 Å². The number of para-hydroxylation sites is 1. The van der Waals surface area contributed by atoms with Crippen LogP contribution in [0.4, 0.5) is 14.9 Å². The summed E-state index contributed by atoms with van der Waals surface area (Å²) in [6, 6.07) is 8.45. The maximum Gasteiger partial charge on any atom is 0.339 e. The van der Waals surface area contributed by atoms with Gasteiger partial charge >= 0.3 is 11.7 Å². The second-order valence-electron chi connectivity index (χ2n) is 5.28. The molecule has 0 unspecified atom stereocenters. The van der Waals surface area contributed by atoms with Crippen LogP contribution in [0.5, 0.6) is 5.75 Å². The van der Waals surface area contributed by atoms with E-state index in [2.05, 4.69) is 5.32 Å². The van der Waals surface area contributed by atoms with Gasteiger partial charge in [0.2, 0.25) is 0 Å². The van der Waals surface area contributed by atoms with Gasteiger partial charge in [-0.05, 0) is 19.1 Å². The van der Waals surface area contributed by atoms with Crippen molar-refractivity contribution in [2.24, 2.45) is 0 Å². The van der Waals surface area contributed by atoms with Crippen molar-refractivity contribution in [3.63, 3.8) is 0 Å². The fourth-order valence-electron chi connectivity index (χ4n) is 2.27. The monoisotopic (exact) mass is 318 g/mol. The molecule has 1 aliphatic rings. The highest BCUT2D eigenvalue weighted by molar-refractivity contribution is 5.90. The molecule has 2 amide bonds. The number of carbonyl (C=O) groups is 1. The average molecular weight is 318 g/mol. The molecule has 2 heterocycles. The Balaban J connectivity index is 1.53. The zero-order valence-electron chi connectivity index (χ0n) is 12.4. The Morgan fingerprint density at radius 3 is 2.78 bits per heavy atom. The highest BCUT2D eigenvalue weighted by atomic mass is 19.1. The Labute approximate surface area is 131 Å². The van der Waals surface area contributed by atoms with E-state index in [4.69, 9.17) is 9.15 Å². The maximum atomic E-state index is 13.5. The number of amides is 2. The van der Waals surface area contributed by atoms with Gasteiger partial charge in [0.1, 0.15) is 23.4 Å². The Morgan fingerprint density at radius 1 is 1.35 bits per heavy atom. The molecule has 1 aromatic heterocycles. The van der Waals surface area contributed by atoms with Gasteiger partial charge in [-0.2, -0.15) is 0 Å². The number of urea groups is 1. The van der Waals surface area contributed by atoms with Crippen molar-refractivity contribution in [1.29, 1.82) is 0 Å². The Hall–Kier alpha value is -2.83. The minimum Gasteiger partial charge on any atom is -0.486 e. The van der Waals surface area contributed by atoms with Crippen LogP contribution in [-0.2, 0) is 0 Å². The molecule has 120 valence electrons. The van der Waals surface area contributed by atoms with Crippen LogP contribution in [0.2, 0.25) is 0 Å². The van der Waals surface area contributed by atoms with E-state index >= 15 is 0 Å². The molecule has 1 aromatic carbocycles. The molecule has 1 fully saturated rings. The minimum absolute atomic E-state index is 0.137. The number of carbonyl (C=O) groups excluding carboxylic acids is 1. The topological polar surface area (TPSA) is 71.8 Å². The van der Waals surface area contributed by atoms with Gasteiger partial charge in [-0.1, -0.05) is 12.1 Å². The number of hydrogen-bond donors (Lipinski definition) is 1. The van der Waals surface area contributed by atoms with Crippen LogP contribution >= 0.6 is 0 Å². The summed E-state index contributed by atoms with van der Waals surface area (Å²) < 4.78 is 23.9. The van der Waals surface area contributed by atoms with E-state index in [1.165, 1.54) is 23.1 Å². The third-order valence-corrected chi connectivity index (χ3v) is 3.42. The van der Waals surface area contributed by atoms with Crippen molar-refractivity contribution >= 4 is 11.7 Å². The van der Waals surface area contributed by atoms with Crippen molar-refractivity contribution in [1.82, 2.24) is 4.90 Å². The predicted octanol–water partition coefficient (Wildman–Crippen LogP) is 2.38. The van der Waals surface area contributed by atoms with Crippen molar-refractivity contribution < 1.29 is 18.3 Å². The number of halogens is 1. The van der Waals surface area contributed by atoms with Crippen LogP contribution in [0, 0.1) is 12.7 Å². The number of rotatable bonds is 3. The summed E-state index contributed by atoms with van der Waals surface area (Å²) in [5.74, 6) is 0.388. The number of hydrogen-bond acceptors (Lipinski definition) is 4. The van der Waals surface area contributed by atoms with Gasteiger partial charge in [0.25, 0.3) is 0 Å². The first-order valence-electron chi connectivity index (χ1n) is 7.10. The molecule has 0 atom stereocenters. The second-order valence-corrected chi connectivity index (χ2v) is 5.28. The fourth-order valence-corrected chi connectivity index (χ4v) is 2.27. The highest BCUT2D eigenvalue weighted by Crippen LogP contribution is 2.19. The summed E-state index contributed by atoms with van der Waals surface area (Å²) in [6.45, 7) is 2.38. The summed E-state index contributed by atoms with van der Waals surface area (Å²) >= 11 is 0. The molecular formula is C16H15FN2O4. The second kappa shape index (κ2) is 6.12. The summed E-state index contributed by atoms with van der Waals surface area (Å²) in [5, 5.41) is 2.51. The third kappa shape index (κ3) is 3.50.